The number of likely N-dealkylation sites (N-methyl/N-ethyl adjacent to an activating group) is 1. The van der Waals surface area contributed by atoms with Crippen LogP contribution in [0.25, 0.3) is 0 Å². The Morgan fingerprint density at radius 1 is 1.53 bits per heavy atom. The number of hydrogen-bond donors (Lipinski definition) is 2. The molecule has 1 aromatic rings. The van der Waals surface area contributed by atoms with Crippen molar-refractivity contribution in [2.75, 3.05) is 26.8 Å². The quantitative estimate of drug-likeness (QED) is 0.765. The van der Waals surface area contributed by atoms with Gasteiger partial charge in [0.1, 0.15) is 12.4 Å². The molecule has 0 aliphatic carbocycles. The number of nitrogens with one attached hydrogen (secondary N) is 1. The van der Waals surface area contributed by atoms with Gasteiger partial charge in [-0.25, -0.2) is 4.79 Å². The maximum absolute atomic E-state index is 11.7. The van der Waals surface area contributed by atoms with Gasteiger partial charge in [0.25, 0.3) is 0 Å². The van der Waals surface area contributed by atoms with E-state index in [9.17, 15) is 4.79 Å². The Morgan fingerprint density at radius 2 is 2.26 bits per heavy atom. The Morgan fingerprint density at radius 3 is 2.89 bits per heavy atom. The highest BCUT2D eigenvalue weighted by molar-refractivity contribution is 5.74. The first-order chi connectivity index (χ1) is 9.04. The number of carbonyl (C=O) groups is 1. The third-order valence-electron chi connectivity index (χ3n) is 2.88. The molecule has 0 bridgehead atoms. The van der Waals surface area contributed by atoms with Gasteiger partial charge in [-0.3, -0.25) is 0 Å². The fraction of sp³-hybridized carbons (Fsp3) is 0.500. The van der Waals surface area contributed by atoms with Gasteiger partial charge < -0.3 is 20.1 Å². The fourth-order valence-corrected chi connectivity index (χ4v) is 1.48. The number of nitrogens with zero attached hydrogens (tertiary/aromatic N) is 1. The molecule has 106 valence electrons. The zero-order valence-electron chi connectivity index (χ0n) is 11.7. The normalized spacial score (nSPS) is 11.8. The summed E-state index contributed by atoms with van der Waals surface area (Å²) >= 11 is 0. The Hall–Kier alpha value is -1.75. The molecule has 0 saturated carbocycles. The van der Waals surface area contributed by atoms with Crippen LogP contribution in [0.5, 0.6) is 5.75 Å². The summed E-state index contributed by atoms with van der Waals surface area (Å²) in [6.07, 6.45) is 0. The van der Waals surface area contributed by atoms with E-state index in [2.05, 4.69) is 5.32 Å². The van der Waals surface area contributed by atoms with Gasteiger partial charge in [-0.15, -0.1) is 0 Å². The van der Waals surface area contributed by atoms with Gasteiger partial charge >= 0.3 is 6.03 Å². The number of rotatable bonds is 6. The van der Waals surface area contributed by atoms with Crippen LogP contribution >= 0.6 is 0 Å². The molecule has 2 N–H and O–H groups in total. The lowest BCUT2D eigenvalue weighted by atomic mass is 10.2. The minimum absolute atomic E-state index is 0.0519. The SMILES string of the molecule is Cc1cccc(OCCNC(=O)N(C)C(C)CO)c1. The van der Waals surface area contributed by atoms with Gasteiger partial charge in [-0.05, 0) is 31.5 Å². The second-order valence-electron chi connectivity index (χ2n) is 4.54. The predicted octanol–water partition coefficient (Wildman–Crippen LogP) is 1.40. The molecule has 1 rings (SSSR count). The van der Waals surface area contributed by atoms with Crippen LogP contribution in [0.15, 0.2) is 24.3 Å². The van der Waals surface area contributed by atoms with Gasteiger partial charge in [0, 0.05) is 7.05 Å². The number of urea groups is 1. The minimum Gasteiger partial charge on any atom is -0.492 e. The summed E-state index contributed by atoms with van der Waals surface area (Å²) in [5, 5.41) is 11.7. The maximum Gasteiger partial charge on any atom is 0.317 e. The largest absolute Gasteiger partial charge is 0.492 e. The molecule has 0 aromatic heterocycles. The molecule has 0 radical (unpaired) electrons. The summed E-state index contributed by atoms with van der Waals surface area (Å²) in [6, 6.07) is 7.35. The molecule has 0 heterocycles. The summed E-state index contributed by atoms with van der Waals surface area (Å²) < 4.78 is 5.52. The van der Waals surface area contributed by atoms with Crippen molar-refractivity contribution >= 4 is 6.03 Å². The number of aliphatic hydroxyl groups is 1. The minimum atomic E-state index is -0.214. The molecule has 5 nitrogen and oxygen atoms in total. The number of carbonyl (C=O) groups excluding carboxylic acids is 1. The van der Waals surface area contributed by atoms with Crippen molar-refractivity contribution in [3.05, 3.63) is 29.8 Å². The monoisotopic (exact) mass is 266 g/mol. The van der Waals surface area contributed by atoms with Gasteiger partial charge in [-0.1, -0.05) is 12.1 Å². The molecule has 0 fully saturated rings. The van der Waals surface area contributed by atoms with E-state index in [1.807, 2.05) is 31.2 Å². The topological polar surface area (TPSA) is 61.8 Å². The molecular weight excluding hydrogens is 244 g/mol. The van der Waals surface area contributed by atoms with Crippen LogP contribution in [0.3, 0.4) is 0 Å². The Balaban J connectivity index is 2.26. The van der Waals surface area contributed by atoms with Crippen LogP contribution in [0.1, 0.15) is 12.5 Å². The summed E-state index contributed by atoms with van der Waals surface area (Å²) in [4.78, 5) is 13.1. The maximum atomic E-state index is 11.7. The van der Waals surface area contributed by atoms with E-state index in [1.54, 1.807) is 14.0 Å². The molecule has 0 spiro atoms. The highest BCUT2D eigenvalue weighted by Crippen LogP contribution is 2.11. The van der Waals surface area contributed by atoms with Crippen LogP contribution in [-0.2, 0) is 0 Å². The molecule has 1 aromatic carbocycles. The zero-order valence-corrected chi connectivity index (χ0v) is 11.7. The summed E-state index contributed by atoms with van der Waals surface area (Å²) in [7, 11) is 1.65. The molecule has 0 aliphatic heterocycles. The Bertz CT molecular complexity index is 409. The number of benzene rings is 1. The first-order valence-corrected chi connectivity index (χ1v) is 6.35. The van der Waals surface area contributed by atoms with Crippen molar-refractivity contribution < 1.29 is 14.6 Å². The number of amides is 2. The number of hydrogen-bond acceptors (Lipinski definition) is 3. The van der Waals surface area contributed by atoms with Crippen LogP contribution < -0.4 is 10.1 Å². The molecule has 0 saturated heterocycles. The Labute approximate surface area is 114 Å². The average Bonchev–Trinajstić information content (AvgIpc) is 2.41. The van der Waals surface area contributed by atoms with Crippen molar-refractivity contribution in [2.24, 2.45) is 0 Å². The van der Waals surface area contributed by atoms with Crippen molar-refractivity contribution in [2.45, 2.75) is 19.9 Å². The van der Waals surface area contributed by atoms with E-state index < -0.39 is 0 Å². The molecular formula is C14H22N2O3. The average molecular weight is 266 g/mol. The van der Waals surface area contributed by atoms with Gasteiger partial charge in [0.15, 0.2) is 0 Å². The lowest BCUT2D eigenvalue weighted by molar-refractivity contribution is 0.156. The van der Waals surface area contributed by atoms with Crippen molar-refractivity contribution in [1.29, 1.82) is 0 Å². The fourth-order valence-electron chi connectivity index (χ4n) is 1.48. The first kappa shape index (κ1) is 15.3. The molecule has 1 atom stereocenters. The summed E-state index contributed by atoms with van der Waals surface area (Å²) in [5.41, 5.74) is 1.14. The van der Waals surface area contributed by atoms with E-state index in [1.165, 1.54) is 4.90 Å². The van der Waals surface area contributed by atoms with Gasteiger partial charge in [0.05, 0.1) is 19.2 Å². The van der Waals surface area contributed by atoms with Gasteiger partial charge in [-0.2, -0.15) is 0 Å². The first-order valence-electron chi connectivity index (χ1n) is 6.35. The van der Waals surface area contributed by atoms with Crippen LogP contribution in [0.2, 0.25) is 0 Å². The zero-order chi connectivity index (χ0) is 14.3. The van der Waals surface area contributed by atoms with Crippen LogP contribution in [0, 0.1) is 6.92 Å². The standard InChI is InChI=1S/C14H22N2O3/c1-11-5-4-6-13(9-11)19-8-7-15-14(18)16(3)12(2)10-17/h4-6,9,12,17H,7-8,10H2,1-3H3,(H,15,18). The molecule has 0 aliphatic rings. The van der Waals surface area contributed by atoms with E-state index in [-0.39, 0.29) is 18.7 Å². The number of aliphatic hydroxyl groups excluding tert-OH is 1. The number of aryl methyl sites for hydroxylation is 1. The van der Waals surface area contributed by atoms with Crippen LogP contribution in [-0.4, -0.2) is 48.9 Å². The highest BCUT2D eigenvalue weighted by Gasteiger charge is 2.13. The summed E-state index contributed by atoms with van der Waals surface area (Å²) in [5.74, 6) is 0.798. The van der Waals surface area contributed by atoms with Gasteiger partial charge in [0.2, 0.25) is 0 Å². The van der Waals surface area contributed by atoms with Crippen LogP contribution in [0.4, 0.5) is 4.79 Å². The van der Waals surface area contributed by atoms with Crippen molar-refractivity contribution in [1.82, 2.24) is 10.2 Å². The Kier molecular flexibility index (Phi) is 6.15. The lowest BCUT2D eigenvalue weighted by Crippen LogP contribution is -2.44. The lowest BCUT2D eigenvalue weighted by Gasteiger charge is -2.23. The molecule has 19 heavy (non-hydrogen) atoms. The van der Waals surface area contributed by atoms with E-state index >= 15 is 0 Å². The van der Waals surface area contributed by atoms with Crippen molar-refractivity contribution in [3.8, 4) is 5.75 Å². The van der Waals surface area contributed by atoms with E-state index in [4.69, 9.17) is 9.84 Å². The third kappa shape index (κ3) is 5.18. The second kappa shape index (κ2) is 7.63. The smallest absolute Gasteiger partial charge is 0.317 e. The van der Waals surface area contributed by atoms with Crippen molar-refractivity contribution in [3.63, 3.8) is 0 Å². The molecule has 2 amide bonds. The van der Waals surface area contributed by atoms with E-state index in [0.717, 1.165) is 11.3 Å². The molecule has 1 unspecified atom stereocenters. The predicted molar refractivity (Wildman–Crippen MR) is 74.4 cm³/mol. The summed E-state index contributed by atoms with van der Waals surface area (Å²) in [6.45, 7) is 4.57. The number of ether oxygens (including phenoxy) is 1. The highest BCUT2D eigenvalue weighted by atomic mass is 16.5. The molecule has 5 heteroatoms. The van der Waals surface area contributed by atoms with E-state index in [0.29, 0.717) is 13.2 Å². The second-order valence-corrected chi connectivity index (χ2v) is 4.54. The third-order valence-corrected chi connectivity index (χ3v) is 2.88.